The van der Waals surface area contributed by atoms with Gasteiger partial charge in [-0.05, 0) is 18.9 Å². The van der Waals surface area contributed by atoms with Crippen molar-refractivity contribution >= 4 is 0 Å². The maximum atomic E-state index is 3.16. The number of hydrogen-bond donors (Lipinski definition) is 0. The van der Waals surface area contributed by atoms with Gasteiger partial charge in [0, 0.05) is 5.41 Å². The standard InChI is InChI=1S/C5H5/c1-2-5(1)3-4-5/h1H,3-4H2. The summed E-state index contributed by atoms with van der Waals surface area (Å²) in [6.07, 6.45) is 8.12. The zero-order valence-electron chi connectivity index (χ0n) is 2.99. The number of hydrogen-bond acceptors (Lipinski definition) is 0. The summed E-state index contributed by atoms with van der Waals surface area (Å²) in [5.74, 6) is 0. The predicted molar refractivity (Wildman–Crippen MR) is 19.5 cm³/mol. The van der Waals surface area contributed by atoms with E-state index in [0.29, 0.717) is 5.41 Å². The molecule has 5 heavy (non-hydrogen) atoms. The summed E-state index contributed by atoms with van der Waals surface area (Å²) in [7, 11) is 0. The van der Waals surface area contributed by atoms with Gasteiger partial charge < -0.3 is 0 Å². The maximum absolute atomic E-state index is 3.16. The Bertz CT molecular complexity index is 78.2. The number of rotatable bonds is 0. The van der Waals surface area contributed by atoms with Gasteiger partial charge in [-0.1, -0.05) is 6.08 Å². The normalized spacial score (nSPS) is 35.2. The molecule has 1 saturated carbocycles. The average molecular weight is 65.1 g/mol. The van der Waals surface area contributed by atoms with Crippen molar-refractivity contribution in [3.05, 3.63) is 12.2 Å². The minimum atomic E-state index is 0.625. The Balaban J connectivity index is 2.37. The van der Waals surface area contributed by atoms with Gasteiger partial charge in [0.15, 0.2) is 0 Å². The fraction of sp³-hybridized carbons (Fsp3) is 0.600. The minimum absolute atomic E-state index is 0.625. The maximum Gasteiger partial charge on any atom is 0.0139 e. The van der Waals surface area contributed by atoms with Crippen LogP contribution in [-0.4, -0.2) is 0 Å². The summed E-state index contributed by atoms with van der Waals surface area (Å²) in [5, 5.41) is 0. The predicted octanol–water partition coefficient (Wildman–Crippen LogP) is 1.14. The molecule has 1 radical (unpaired) electrons. The topological polar surface area (TPSA) is 0 Å². The minimum Gasteiger partial charge on any atom is -0.0695 e. The van der Waals surface area contributed by atoms with Crippen molar-refractivity contribution in [1.82, 2.24) is 0 Å². The van der Waals surface area contributed by atoms with Crippen molar-refractivity contribution in [3.8, 4) is 0 Å². The van der Waals surface area contributed by atoms with Gasteiger partial charge >= 0.3 is 0 Å². The second-order valence-electron chi connectivity index (χ2n) is 1.94. The van der Waals surface area contributed by atoms with Crippen LogP contribution in [0.15, 0.2) is 6.08 Å². The zero-order valence-corrected chi connectivity index (χ0v) is 2.99. The molecule has 2 aliphatic carbocycles. The molecule has 0 aliphatic heterocycles. The lowest BCUT2D eigenvalue weighted by atomic mass is 10.4. The van der Waals surface area contributed by atoms with E-state index in [9.17, 15) is 0 Å². The Labute approximate surface area is 31.5 Å². The van der Waals surface area contributed by atoms with Crippen LogP contribution in [0.4, 0.5) is 0 Å². The molecule has 0 N–H and O–H groups in total. The summed E-state index contributed by atoms with van der Waals surface area (Å²) in [6, 6.07) is 0. The molecule has 2 rings (SSSR count). The van der Waals surface area contributed by atoms with Crippen molar-refractivity contribution < 1.29 is 0 Å². The lowest BCUT2D eigenvalue weighted by molar-refractivity contribution is 0.990. The highest BCUT2D eigenvalue weighted by Crippen LogP contribution is 2.56. The van der Waals surface area contributed by atoms with Gasteiger partial charge in [-0.3, -0.25) is 0 Å². The van der Waals surface area contributed by atoms with Crippen molar-refractivity contribution in [2.75, 3.05) is 0 Å². The van der Waals surface area contributed by atoms with Crippen molar-refractivity contribution in [2.24, 2.45) is 5.41 Å². The summed E-state index contributed by atoms with van der Waals surface area (Å²) >= 11 is 0. The molecule has 0 bridgehead atoms. The fourth-order valence-electron chi connectivity index (χ4n) is 0.525. The molecule has 1 fully saturated rings. The van der Waals surface area contributed by atoms with Crippen LogP contribution in [0, 0.1) is 11.5 Å². The van der Waals surface area contributed by atoms with Gasteiger partial charge in [0.05, 0.1) is 0 Å². The van der Waals surface area contributed by atoms with Gasteiger partial charge in [0.2, 0.25) is 0 Å². The van der Waals surface area contributed by atoms with E-state index in [-0.39, 0.29) is 0 Å². The molecule has 0 unspecified atom stereocenters. The van der Waals surface area contributed by atoms with Gasteiger partial charge in [-0.25, -0.2) is 0 Å². The van der Waals surface area contributed by atoms with E-state index < -0.39 is 0 Å². The van der Waals surface area contributed by atoms with E-state index in [2.05, 4.69) is 12.2 Å². The molecule has 0 atom stereocenters. The van der Waals surface area contributed by atoms with Crippen LogP contribution in [0.3, 0.4) is 0 Å². The second-order valence-corrected chi connectivity index (χ2v) is 1.94. The Morgan fingerprint density at radius 1 is 1.60 bits per heavy atom. The molecule has 0 aromatic heterocycles. The van der Waals surface area contributed by atoms with Crippen LogP contribution in [-0.2, 0) is 0 Å². The van der Waals surface area contributed by atoms with Crippen LogP contribution in [0.5, 0.6) is 0 Å². The highest BCUT2D eigenvalue weighted by atomic mass is 14.5. The molecular formula is C5H5. The first-order chi connectivity index (χ1) is 2.41. The van der Waals surface area contributed by atoms with Crippen LogP contribution >= 0.6 is 0 Å². The summed E-state index contributed by atoms with van der Waals surface area (Å²) < 4.78 is 0. The Hall–Kier alpha value is -0.260. The van der Waals surface area contributed by atoms with Crippen LogP contribution in [0.2, 0.25) is 0 Å². The van der Waals surface area contributed by atoms with Gasteiger partial charge in [-0.2, -0.15) is 0 Å². The summed E-state index contributed by atoms with van der Waals surface area (Å²) in [6.45, 7) is 0. The molecule has 0 amide bonds. The first kappa shape index (κ1) is 2.01. The third kappa shape index (κ3) is 0.119. The number of allylic oxidation sites excluding steroid dienone is 2. The fourth-order valence-corrected chi connectivity index (χ4v) is 0.525. The smallest absolute Gasteiger partial charge is 0.0139 e. The molecule has 0 nitrogen and oxygen atoms in total. The molecule has 0 saturated heterocycles. The first-order valence-electron chi connectivity index (χ1n) is 2.03. The molecule has 0 aromatic rings. The van der Waals surface area contributed by atoms with E-state index in [1.807, 2.05) is 0 Å². The van der Waals surface area contributed by atoms with Gasteiger partial charge in [0.1, 0.15) is 0 Å². The molecular weight excluding hydrogens is 60.1 g/mol. The molecule has 25 valence electrons. The van der Waals surface area contributed by atoms with E-state index in [1.54, 1.807) is 0 Å². The molecule has 0 heterocycles. The highest BCUT2D eigenvalue weighted by molar-refractivity contribution is 5.27. The molecule has 0 heteroatoms. The molecule has 1 spiro atoms. The van der Waals surface area contributed by atoms with E-state index in [1.165, 1.54) is 12.8 Å². The van der Waals surface area contributed by atoms with Crippen molar-refractivity contribution in [1.29, 1.82) is 0 Å². The largest absolute Gasteiger partial charge is 0.0695 e. The van der Waals surface area contributed by atoms with E-state index >= 15 is 0 Å². The summed E-state index contributed by atoms with van der Waals surface area (Å²) in [4.78, 5) is 0. The molecule has 0 aromatic carbocycles. The van der Waals surface area contributed by atoms with Crippen LogP contribution in [0.25, 0.3) is 0 Å². The SMILES string of the molecule is [C]1=CC12CC2. The van der Waals surface area contributed by atoms with Gasteiger partial charge in [0.25, 0.3) is 0 Å². The highest BCUT2D eigenvalue weighted by Gasteiger charge is 2.46. The third-order valence-electron chi connectivity index (χ3n) is 1.34. The third-order valence-corrected chi connectivity index (χ3v) is 1.34. The van der Waals surface area contributed by atoms with Crippen molar-refractivity contribution in [2.45, 2.75) is 12.8 Å². The Morgan fingerprint density at radius 2 is 2.20 bits per heavy atom. The van der Waals surface area contributed by atoms with Crippen LogP contribution in [0.1, 0.15) is 12.8 Å². The van der Waals surface area contributed by atoms with Crippen LogP contribution < -0.4 is 0 Å². The first-order valence-corrected chi connectivity index (χ1v) is 2.03. The Morgan fingerprint density at radius 3 is 2.20 bits per heavy atom. The van der Waals surface area contributed by atoms with E-state index in [4.69, 9.17) is 0 Å². The average Bonchev–Trinajstić information content (AvgIpc) is 2.17. The molecule has 2 aliphatic rings. The monoisotopic (exact) mass is 65.0 g/mol. The van der Waals surface area contributed by atoms with Crippen molar-refractivity contribution in [3.63, 3.8) is 0 Å². The zero-order chi connectivity index (χ0) is 3.33. The summed E-state index contributed by atoms with van der Waals surface area (Å²) in [5.41, 5.74) is 0.625. The lowest BCUT2D eigenvalue weighted by Crippen LogP contribution is -1.57. The lowest BCUT2D eigenvalue weighted by Gasteiger charge is -1.63. The second kappa shape index (κ2) is 0.296. The Kier molecular flexibility index (Phi) is 0.119. The quantitative estimate of drug-likeness (QED) is 0.397. The van der Waals surface area contributed by atoms with E-state index in [0.717, 1.165) is 0 Å². The van der Waals surface area contributed by atoms with Gasteiger partial charge in [-0.15, -0.1) is 0 Å².